The Morgan fingerprint density at radius 3 is 2.73 bits per heavy atom. The van der Waals surface area contributed by atoms with Crippen LogP contribution in [0.1, 0.15) is 20.3 Å². The largest absolute Gasteiger partial charge is 0.466 e. The number of carbonyl (C=O) groups excluding carboxylic acids is 1. The first-order valence-electron chi connectivity index (χ1n) is 5.26. The van der Waals surface area contributed by atoms with Crippen molar-refractivity contribution in [2.75, 3.05) is 27.2 Å². The lowest BCUT2D eigenvalue weighted by Gasteiger charge is -2.20. The van der Waals surface area contributed by atoms with Gasteiger partial charge < -0.3 is 15.0 Å². The maximum Gasteiger partial charge on any atom is 0.331 e. The summed E-state index contributed by atoms with van der Waals surface area (Å²) in [4.78, 5) is 13.0. The van der Waals surface area contributed by atoms with E-state index < -0.39 is 0 Å². The van der Waals surface area contributed by atoms with Gasteiger partial charge in [-0.1, -0.05) is 0 Å². The Bertz CT molecular complexity index is 203. The number of rotatable bonds is 7. The summed E-state index contributed by atoms with van der Waals surface area (Å²) in [6.45, 7) is 6.26. The van der Waals surface area contributed by atoms with Crippen LogP contribution in [0.25, 0.3) is 0 Å². The van der Waals surface area contributed by atoms with E-state index in [-0.39, 0.29) is 5.97 Å². The average molecular weight is 214 g/mol. The highest BCUT2D eigenvalue weighted by Crippen LogP contribution is 1.93. The third-order valence-corrected chi connectivity index (χ3v) is 2.25. The van der Waals surface area contributed by atoms with Crippen molar-refractivity contribution in [3.05, 3.63) is 12.3 Å². The van der Waals surface area contributed by atoms with Gasteiger partial charge in [0, 0.05) is 24.9 Å². The quantitative estimate of drug-likeness (QED) is 0.390. The summed E-state index contributed by atoms with van der Waals surface area (Å²) in [7, 11) is 3.47. The molecule has 0 aromatic carbocycles. The molecule has 0 saturated heterocycles. The SMILES string of the molecule is COC(=O)/C=C/NCCCN(C)C(C)C. The first-order chi connectivity index (χ1) is 7.07. The molecule has 0 aromatic heterocycles. The van der Waals surface area contributed by atoms with Crippen molar-refractivity contribution in [3.63, 3.8) is 0 Å². The maximum absolute atomic E-state index is 10.7. The highest BCUT2D eigenvalue weighted by Gasteiger charge is 2.00. The molecule has 15 heavy (non-hydrogen) atoms. The number of esters is 1. The summed E-state index contributed by atoms with van der Waals surface area (Å²) in [5.41, 5.74) is 0. The lowest BCUT2D eigenvalue weighted by molar-refractivity contribution is -0.134. The van der Waals surface area contributed by atoms with E-state index in [9.17, 15) is 4.79 Å². The van der Waals surface area contributed by atoms with Crippen molar-refractivity contribution >= 4 is 5.97 Å². The fourth-order valence-corrected chi connectivity index (χ4v) is 0.967. The minimum absolute atomic E-state index is 0.332. The second-order valence-corrected chi connectivity index (χ2v) is 3.74. The van der Waals surface area contributed by atoms with Gasteiger partial charge in [-0.3, -0.25) is 0 Å². The van der Waals surface area contributed by atoms with Gasteiger partial charge in [0.05, 0.1) is 7.11 Å². The van der Waals surface area contributed by atoms with Gasteiger partial charge in [0.2, 0.25) is 0 Å². The van der Waals surface area contributed by atoms with Crippen molar-refractivity contribution in [1.29, 1.82) is 0 Å². The van der Waals surface area contributed by atoms with Crippen LogP contribution in [0.4, 0.5) is 0 Å². The monoisotopic (exact) mass is 214 g/mol. The van der Waals surface area contributed by atoms with Crippen LogP contribution in [0.2, 0.25) is 0 Å². The number of hydrogen-bond donors (Lipinski definition) is 1. The molecule has 0 saturated carbocycles. The van der Waals surface area contributed by atoms with Crippen LogP contribution >= 0.6 is 0 Å². The van der Waals surface area contributed by atoms with Gasteiger partial charge >= 0.3 is 5.97 Å². The fraction of sp³-hybridized carbons (Fsp3) is 0.727. The van der Waals surface area contributed by atoms with Crippen molar-refractivity contribution in [2.24, 2.45) is 0 Å². The van der Waals surface area contributed by atoms with Crippen LogP contribution in [0.15, 0.2) is 12.3 Å². The van der Waals surface area contributed by atoms with Gasteiger partial charge in [0.1, 0.15) is 0 Å². The molecule has 0 rings (SSSR count). The first kappa shape index (κ1) is 14.0. The smallest absolute Gasteiger partial charge is 0.331 e. The normalized spacial score (nSPS) is 11.3. The standard InChI is InChI=1S/C11H22N2O2/c1-10(2)13(3)9-5-7-12-8-6-11(14)15-4/h6,8,10,12H,5,7,9H2,1-4H3/b8-6+. The highest BCUT2D eigenvalue weighted by atomic mass is 16.5. The van der Waals surface area contributed by atoms with E-state index in [1.807, 2.05) is 0 Å². The molecule has 0 fully saturated rings. The molecule has 1 N–H and O–H groups in total. The molecular weight excluding hydrogens is 192 g/mol. The van der Waals surface area contributed by atoms with Crippen LogP contribution in [-0.4, -0.2) is 44.2 Å². The van der Waals surface area contributed by atoms with Gasteiger partial charge in [-0.2, -0.15) is 0 Å². The molecule has 88 valence electrons. The van der Waals surface area contributed by atoms with Crippen LogP contribution in [-0.2, 0) is 9.53 Å². The Morgan fingerprint density at radius 2 is 2.20 bits per heavy atom. The fourth-order valence-electron chi connectivity index (χ4n) is 0.967. The van der Waals surface area contributed by atoms with E-state index in [4.69, 9.17) is 0 Å². The molecule has 4 nitrogen and oxygen atoms in total. The highest BCUT2D eigenvalue weighted by molar-refractivity contribution is 5.81. The molecule has 0 spiro atoms. The lowest BCUT2D eigenvalue weighted by Crippen LogP contribution is -2.28. The summed E-state index contributed by atoms with van der Waals surface area (Å²) in [6, 6.07) is 0.579. The van der Waals surface area contributed by atoms with E-state index in [1.54, 1.807) is 6.20 Å². The summed E-state index contributed by atoms with van der Waals surface area (Å²) < 4.78 is 4.45. The van der Waals surface area contributed by atoms with E-state index in [0.717, 1.165) is 19.5 Å². The first-order valence-corrected chi connectivity index (χ1v) is 5.26. The molecule has 0 aliphatic carbocycles. The Morgan fingerprint density at radius 1 is 1.53 bits per heavy atom. The number of hydrogen-bond acceptors (Lipinski definition) is 4. The van der Waals surface area contributed by atoms with Gasteiger partial charge in [-0.15, -0.1) is 0 Å². The molecule has 0 amide bonds. The Hall–Kier alpha value is -1.03. The van der Waals surface area contributed by atoms with Crippen LogP contribution in [0, 0.1) is 0 Å². The third-order valence-electron chi connectivity index (χ3n) is 2.25. The molecule has 0 aliphatic rings. The minimum atomic E-state index is -0.332. The zero-order valence-electron chi connectivity index (χ0n) is 10.1. The third kappa shape index (κ3) is 8.00. The predicted molar refractivity (Wildman–Crippen MR) is 61.5 cm³/mol. The number of carbonyl (C=O) groups is 1. The molecule has 0 heterocycles. The lowest BCUT2D eigenvalue weighted by atomic mass is 10.3. The van der Waals surface area contributed by atoms with Crippen LogP contribution in [0.3, 0.4) is 0 Å². The molecule has 0 atom stereocenters. The van der Waals surface area contributed by atoms with Gasteiger partial charge in [0.25, 0.3) is 0 Å². The van der Waals surface area contributed by atoms with Crippen molar-refractivity contribution < 1.29 is 9.53 Å². The zero-order valence-corrected chi connectivity index (χ0v) is 10.1. The van der Waals surface area contributed by atoms with Crippen molar-refractivity contribution in [2.45, 2.75) is 26.3 Å². The number of ether oxygens (including phenoxy) is 1. The molecule has 4 heteroatoms. The van der Waals surface area contributed by atoms with Gasteiger partial charge in [0.15, 0.2) is 0 Å². The predicted octanol–water partition coefficient (Wildman–Crippen LogP) is 0.993. The van der Waals surface area contributed by atoms with Crippen molar-refractivity contribution in [3.8, 4) is 0 Å². The van der Waals surface area contributed by atoms with Gasteiger partial charge in [-0.05, 0) is 33.9 Å². The number of nitrogens with zero attached hydrogens (tertiary/aromatic N) is 1. The zero-order chi connectivity index (χ0) is 11.7. The Kier molecular flexibility index (Phi) is 7.72. The molecule has 0 unspecified atom stereocenters. The van der Waals surface area contributed by atoms with Gasteiger partial charge in [-0.25, -0.2) is 4.79 Å². The molecular formula is C11H22N2O2. The van der Waals surface area contributed by atoms with E-state index in [0.29, 0.717) is 6.04 Å². The van der Waals surface area contributed by atoms with Crippen LogP contribution in [0.5, 0.6) is 0 Å². The maximum atomic E-state index is 10.7. The summed E-state index contributed by atoms with van der Waals surface area (Å²) in [5.74, 6) is -0.332. The molecule has 0 radical (unpaired) electrons. The van der Waals surface area contributed by atoms with E-state index in [2.05, 4.69) is 35.8 Å². The second-order valence-electron chi connectivity index (χ2n) is 3.74. The van der Waals surface area contributed by atoms with E-state index >= 15 is 0 Å². The number of nitrogens with one attached hydrogen (secondary N) is 1. The average Bonchev–Trinajstić information content (AvgIpc) is 2.22. The summed E-state index contributed by atoms with van der Waals surface area (Å²) in [5, 5.41) is 3.04. The second kappa shape index (κ2) is 8.29. The Labute approximate surface area is 92.3 Å². The van der Waals surface area contributed by atoms with E-state index in [1.165, 1.54) is 13.2 Å². The molecule has 0 aromatic rings. The molecule has 0 aliphatic heterocycles. The summed E-state index contributed by atoms with van der Waals surface area (Å²) in [6.07, 6.45) is 4.06. The Balaban J connectivity index is 3.39. The topological polar surface area (TPSA) is 41.6 Å². The summed E-state index contributed by atoms with van der Waals surface area (Å²) >= 11 is 0. The van der Waals surface area contributed by atoms with Crippen molar-refractivity contribution in [1.82, 2.24) is 10.2 Å². The molecule has 0 bridgehead atoms. The van der Waals surface area contributed by atoms with Crippen LogP contribution < -0.4 is 5.32 Å². The number of methoxy groups -OCH3 is 1. The minimum Gasteiger partial charge on any atom is -0.466 e.